The summed E-state index contributed by atoms with van der Waals surface area (Å²) in [4.78, 5) is 20.1. The van der Waals surface area contributed by atoms with E-state index in [2.05, 4.69) is 309 Å². The molecule has 0 atom stereocenters. The minimum absolute atomic E-state index is 0.631. The van der Waals surface area contributed by atoms with E-state index in [1.807, 2.05) is 91.0 Å². The van der Waals surface area contributed by atoms with Gasteiger partial charge in [0.05, 0.1) is 45.7 Å². The van der Waals surface area contributed by atoms with Gasteiger partial charge in [-0.05, 0) is 203 Å². The van der Waals surface area contributed by atoms with E-state index in [0.29, 0.717) is 22.8 Å². The average molecular weight is 1420 g/mol. The SMILES string of the molecule is N#Cc1cc(-c2ccc(-c3ccc(-c4nc(-c5ccccc5)c5ccccc5n4)cc3)c3ccccc23)cc(-c2cc3ccccc3c3ccccc23)c1.N#Cc1cc(-c2ccc3c4ccccc4c4ccccc4c3c2)cc(-c2ccc(-c3ccc(-c4nc(-c5ccccc5)c5ccccc5n4)cc3)c3ccccc23)c1. The lowest BCUT2D eigenvalue weighted by molar-refractivity contribution is 1.23. The van der Waals surface area contributed by atoms with Gasteiger partial charge < -0.3 is 0 Å². The van der Waals surface area contributed by atoms with Gasteiger partial charge in [0.1, 0.15) is 0 Å². The lowest BCUT2D eigenvalue weighted by atomic mass is 9.88. The van der Waals surface area contributed by atoms with Crippen molar-refractivity contribution in [2.45, 2.75) is 0 Å². The molecule has 19 aromatic carbocycles. The molecule has 21 rings (SSSR count). The Morgan fingerprint density at radius 3 is 0.911 bits per heavy atom. The van der Waals surface area contributed by atoms with E-state index in [4.69, 9.17) is 19.9 Å². The highest BCUT2D eigenvalue weighted by molar-refractivity contribution is 6.26. The van der Waals surface area contributed by atoms with Gasteiger partial charge in [-0.15, -0.1) is 0 Å². The fourth-order valence-electron chi connectivity index (χ4n) is 16.6. The summed E-state index contributed by atoms with van der Waals surface area (Å²) in [5.74, 6) is 1.40. The van der Waals surface area contributed by atoms with Crippen molar-refractivity contribution in [3.8, 4) is 124 Å². The third kappa shape index (κ3) is 11.9. The number of fused-ring (bicyclic) bond motifs is 13. The van der Waals surface area contributed by atoms with Crippen LogP contribution in [0.15, 0.2) is 388 Å². The Balaban J connectivity index is 0.000000146. The lowest BCUT2D eigenvalue weighted by Gasteiger charge is -2.15. The molecule has 0 unspecified atom stereocenters. The van der Waals surface area contributed by atoms with Crippen molar-refractivity contribution in [2.24, 2.45) is 0 Å². The van der Waals surface area contributed by atoms with Gasteiger partial charge in [0, 0.05) is 33.0 Å². The Kier molecular flexibility index (Phi) is 16.6. The number of benzene rings is 19. The molecular formula is C106H64N6. The Bertz CT molecular complexity index is 7410. The minimum atomic E-state index is 0.631. The van der Waals surface area contributed by atoms with E-state index >= 15 is 0 Å². The summed E-state index contributed by atoms with van der Waals surface area (Å²) in [6, 6.07) is 141. The number of hydrogen-bond acceptors (Lipinski definition) is 6. The second-order valence-corrected chi connectivity index (χ2v) is 28.5. The molecule has 0 aliphatic rings. The number of nitrogens with zero attached hydrogens (tertiary/aromatic N) is 6. The third-order valence-corrected chi connectivity index (χ3v) is 22.0. The quantitative estimate of drug-likeness (QED) is 0.127. The van der Waals surface area contributed by atoms with Crippen LogP contribution in [-0.4, -0.2) is 19.9 Å². The molecular weight excluding hydrogens is 1360 g/mol. The molecule has 0 saturated heterocycles. The van der Waals surface area contributed by atoms with Gasteiger partial charge in [0.15, 0.2) is 11.6 Å². The van der Waals surface area contributed by atoms with Crippen LogP contribution in [-0.2, 0) is 0 Å². The highest BCUT2D eigenvalue weighted by atomic mass is 14.9. The van der Waals surface area contributed by atoms with Crippen molar-refractivity contribution < 1.29 is 0 Å². The number of rotatable bonds is 10. The van der Waals surface area contributed by atoms with Crippen LogP contribution in [0.1, 0.15) is 11.1 Å². The molecule has 0 fully saturated rings. The Morgan fingerprint density at radius 1 is 0.170 bits per heavy atom. The highest BCUT2D eigenvalue weighted by Gasteiger charge is 2.20. The van der Waals surface area contributed by atoms with Crippen molar-refractivity contribution in [3.05, 3.63) is 399 Å². The standard InChI is InChI=1S/C55H33N3.C51H31N3/c56-34-35-30-40(39-26-27-50-48-18-7-6-16-46(48)47-17-8-9-19-49(47)52(50)33-39)32-41(31-35)43-29-28-42(44-14-4-5-15-45(43)44)36-22-24-38(25-23-36)55-57-53-21-11-10-20-51(53)54(58-55)37-12-2-1-3-13-37;52-32-33-28-38(30-39(29-33)48-31-37-14-4-5-15-40(37)43-16-8-9-19-46(43)48)42-27-26-41(44-17-6-7-18-45(42)44)34-22-24-36(25-23-34)51-53-49-21-11-10-20-47(49)50(54-51)35-12-2-1-3-13-35/h1-33H;1-31H. The fraction of sp³-hybridized carbons (Fsp3) is 0. The molecule has 112 heavy (non-hydrogen) atoms. The fourth-order valence-corrected chi connectivity index (χ4v) is 16.6. The zero-order valence-electron chi connectivity index (χ0n) is 60.6. The molecule has 0 aliphatic carbocycles. The predicted octanol–water partition coefficient (Wildman–Crippen LogP) is 27.7. The van der Waals surface area contributed by atoms with Crippen LogP contribution in [0.4, 0.5) is 0 Å². The van der Waals surface area contributed by atoms with Crippen LogP contribution in [0, 0.1) is 22.7 Å². The Hall–Kier alpha value is -15.3. The minimum Gasteiger partial charge on any atom is -0.228 e. The number of para-hydroxylation sites is 2. The van der Waals surface area contributed by atoms with E-state index in [-0.39, 0.29) is 0 Å². The van der Waals surface area contributed by atoms with E-state index in [1.165, 1.54) is 53.9 Å². The van der Waals surface area contributed by atoms with Crippen LogP contribution in [0.2, 0.25) is 0 Å². The van der Waals surface area contributed by atoms with Crippen molar-refractivity contribution in [1.82, 2.24) is 19.9 Å². The maximum Gasteiger partial charge on any atom is 0.160 e. The van der Waals surface area contributed by atoms with Crippen molar-refractivity contribution in [2.75, 3.05) is 0 Å². The topological polar surface area (TPSA) is 99.1 Å². The maximum atomic E-state index is 10.3. The molecule has 2 aromatic heterocycles. The summed E-state index contributed by atoms with van der Waals surface area (Å²) in [7, 11) is 0. The molecule has 0 aliphatic heterocycles. The Morgan fingerprint density at radius 2 is 0.473 bits per heavy atom. The number of nitriles is 2. The third-order valence-electron chi connectivity index (χ3n) is 22.0. The van der Waals surface area contributed by atoms with Gasteiger partial charge in [0.2, 0.25) is 0 Å². The van der Waals surface area contributed by atoms with E-state index < -0.39 is 0 Å². The molecule has 0 radical (unpaired) electrons. The van der Waals surface area contributed by atoms with Crippen molar-refractivity contribution in [1.29, 1.82) is 10.5 Å². The molecule has 0 spiro atoms. The van der Waals surface area contributed by atoms with Crippen LogP contribution >= 0.6 is 0 Å². The molecule has 0 amide bonds. The smallest absolute Gasteiger partial charge is 0.160 e. The van der Waals surface area contributed by atoms with E-state index in [9.17, 15) is 10.5 Å². The van der Waals surface area contributed by atoms with Crippen LogP contribution in [0.5, 0.6) is 0 Å². The van der Waals surface area contributed by atoms with Crippen molar-refractivity contribution in [3.63, 3.8) is 0 Å². The van der Waals surface area contributed by atoms with Gasteiger partial charge in [-0.25, -0.2) is 19.9 Å². The van der Waals surface area contributed by atoms with Crippen molar-refractivity contribution >= 4 is 97.2 Å². The average Bonchev–Trinajstić information content (AvgIpc) is 0.742. The number of hydrogen-bond donors (Lipinski definition) is 0. The van der Waals surface area contributed by atoms with Crippen LogP contribution in [0.25, 0.3) is 209 Å². The second kappa shape index (κ2) is 28.1. The first-order valence-corrected chi connectivity index (χ1v) is 37.7. The molecule has 0 N–H and O–H groups in total. The molecule has 0 bridgehead atoms. The molecule has 2 heterocycles. The lowest BCUT2D eigenvalue weighted by Crippen LogP contribution is -1.95. The first-order chi connectivity index (χ1) is 55.4. The molecule has 0 saturated carbocycles. The van der Waals surface area contributed by atoms with Crippen LogP contribution < -0.4 is 0 Å². The summed E-state index contributed by atoms with van der Waals surface area (Å²) < 4.78 is 0. The second-order valence-electron chi connectivity index (χ2n) is 28.5. The summed E-state index contributed by atoms with van der Waals surface area (Å²) in [6.45, 7) is 0. The number of aromatic nitrogens is 4. The van der Waals surface area contributed by atoms with Gasteiger partial charge >= 0.3 is 0 Å². The molecule has 6 heteroatoms. The van der Waals surface area contributed by atoms with Gasteiger partial charge in [-0.1, -0.05) is 328 Å². The van der Waals surface area contributed by atoms with E-state index in [1.54, 1.807) is 0 Å². The molecule has 518 valence electrons. The summed E-state index contributed by atoms with van der Waals surface area (Å²) in [5.41, 5.74) is 22.0. The Labute approximate surface area is 647 Å². The largest absolute Gasteiger partial charge is 0.228 e. The molecule has 21 aromatic rings. The summed E-state index contributed by atoms with van der Waals surface area (Å²) >= 11 is 0. The first kappa shape index (κ1) is 66.1. The van der Waals surface area contributed by atoms with Gasteiger partial charge in [-0.2, -0.15) is 10.5 Å². The first-order valence-electron chi connectivity index (χ1n) is 37.7. The van der Waals surface area contributed by atoms with Crippen LogP contribution in [0.3, 0.4) is 0 Å². The highest BCUT2D eigenvalue weighted by Crippen LogP contribution is 2.45. The molecule has 6 nitrogen and oxygen atoms in total. The van der Waals surface area contributed by atoms with Gasteiger partial charge in [-0.3, -0.25) is 0 Å². The zero-order chi connectivity index (χ0) is 74.6. The predicted molar refractivity (Wildman–Crippen MR) is 465 cm³/mol. The zero-order valence-corrected chi connectivity index (χ0v) is 60.6. The van der Waals surface area contributed by atoms with E-state index in [0.717, 1.165) is 144 Å². The summed E-state index contributed by atoms with van der Waals surface area (Å²) in [6.07, 6.45) is 0. The summed E-state index contributed by atoms with van der Waals surface area (Å²) in [5, 5.41) is 39.4. The maximum absolute atomic E-state index is 10.3. The monoisotopic (exact) mass is 1420 g/mol. The van der Waals surface area contributed by atoms with Gasteiger partial charge in [0.25, 0.3) is 0 Å². The normalized spacial score (nSPS) is 11.4.